The van der Waals surface area contributed by atoms with E-state index in [4.69, 9.17) is 5.11 Å². The molecule has 19 heavy (non-hydrogen) atoms. The smallest absolute Gasteiger partial charge is 0.329 e. The molecule has 0 spiro atoms. The molecule has 104 valence electrons. The fraction of sp³-hybridized carbons (Fsp3) is 0.385. The molecule has 0 heterocycles. The van der Waals surface area contributed by atoms with Crippen LogP contribution in [0.25, 0.3) is 0 Å². The van der Waals surface area contributed by atoms with Gasteiger partial charge in [-0.3, -0.25) is 4.79 Å². The highest BCUT2D eigenvalue weighted by Gasteiger charge is 2.35. The summed E-state index contributed by atoms with van der Waals surface area (Å²) in [6.07, 6.45) is -0.392. The zero-order chi connectivity index (χ0) is 14.8. The quantitative estimate of drug-likeness (QED) is 0.909. The van der Waals surface area contributed by atoms with Crippen LogP contribution in [0.15, 0.2) is 18.2 Å². The van der Waals surface area contributed by atoms with Crippen LogP contribution >= 0.6 is 0 Å². The van der Waals surface area contributed by atoms with Gasteiger partial charge < -0.3 is 10.0 Å². The van der Waals surface area contributed by atoms with E-state index in [0.29, 0.717) is 0 Å². The Morgan fingerprint density at radius 2 is 1.89 bits per heavy atom. The first kappa shape index (κ1) is 15.1. The molecule has 0 aliphatic heterocycles. The molecule has 1 rings (SSSR count). The minimum Gasteiger partial charge on any atom is -0.480 e. The first-order valence-corrected chi connectivity index (χ1v) is 5.61. The third-order valence-corrected chi connectivity index (χ3v) is 3.11. The summed E-state index contributed by atoms with van der Waals surface area (Å²) < 4.78 is 26.4. The van der Waals surface area contributed by atoms with Gasteiger partial charge in [0.25, 0.3) is 0 Å². The van der Waals surface area contributed by atoms with Gasteiger partial charge in [-0.15, -0.1) is 0 Å². The van der Waals surface area contributed by atoms with Gasteiger partial charge in [-0.1, -0.05) is 12.1 Å². The van der Waals surface area contributed by atoms with E-state index in [9.17, 15) is 18.4 Å². The van der Waals surface area contributed by atoms with Crippen molar-refractivity contribution in [2.24, 2.45) is 0 Å². The number of carbonyl (C=O) groups is 2. The zero-order valence-electron chi connectivity index (χ0n) is 10.9. The Bertz CT molecular complexity index is 515. The van der Waals surface area contributed by atoms with E-state index in [1.54, 1.807) is 0 Å². The molecule has 0 atom stereocenters. The van der Waals surface area contributed by atoms with Gasteiger partial charge in [-0.2, -0.15) is 0 Å². The molecule has 0 radical (unpaired) electrons. The van der Waals surface area contributed by atoms with Gasteiger partial charge in [-0.05, 0) is 19.9 Å². The van der Waals surface area contributed by atoms with E-state index in [2.05, 4.69) is 0 Å². The number of benzene rings is 1. The number of halogens is 2. The SMILES string of the molecule is CN(C(=O)Cc1cccc(F)c1F)C(C)(C)C(=O)O. The largest absolute Gasteiger partial charge is 0.480 e. The second-order valence-electron chi connectivity index (χ2n) is 4.71. The molecule has 0 aromatic heterocycles. The Morgan fingerprint density at radius 3 is 2.42 bits per heavy atom. The molecule has 0 saturated heterocycles. The minimum atomic E-state index is -1.42. The van der Waals surface area contributed by atoms with E-state index in [1.807, 2.05) is 0 Å². The first-order chi connectivity index (χ1) is 8.67. The standard InChI is InChI=1S/C13H15F2NO3/c1-13(2,12(18)19)16(3)10(17)7-8-5-4-6-9(14)11(8)15/h4-6H,7H2,1-3H3,(H,18,19). The lowest BCUT2D eigenvalue weighted by molar-refractivity contribution is -0.155. The fourth-order valence-electron chi connectivity index (χ4n) is 1.42. The third-order valence-electron chi connectivity index (χ3n) is 3.11. The molecule has 0 fully saturated rings. The molecule has 1 aromatic carbocycles. The highest BCUT2D eigenvalue weighted by atomic mass is 19.2. The number of carbonyl (C=O) groups excluding carboxylic acids is 1. The first-order valence-electron chi connectivity index (χ1n) is 5.61. The maximum Gasteiger partial charge on any atom is 0.329 e. The number of rotatable bonds is 4. The maximum absolute atomic E-state index is 13.4. The highest BCUT2D eigenvalue weighted by Crippen LogP contribution is 2.17. The van der Waals surface area contributed by atoms with Crippen molar-refractivity contribution in [3.8, 4) is 0 Å². The van der Waals surface area contributed by atoms with Crippen LogP contribution in [0.4, 0.5) is 8.78 Å². The fourth-order valence-corrected chi connectivity index (χ4v) is 1.42. The van der Waals surface area contributed by atoms with Crippen molar-refractivity contribution in [3.05, 3.63) is 35.4 Å². The van der Waals surface area contributed by atoms with Crippen molar-refractivity contribution in [3.63, 3.8) is 0 Å². The van der Waals surface area contributed by atoms with E-state index in [0.717, 1.165) is 11.0 Å². The van der Waals surface area contributed by atoms with Crippen molar-refractivity contribution < 1.29 is 23.5 Å². The van der Waals surface area contributed by atoms with Crippen molar-refractivity contribution in [1.29, 1.82) is 0 Å². The monoisotopic (exact) mass is 271 g/mol. The molecular formula is C13H15F2NO3. The van der Waals surface area contributed by atoms with Gasteiger partial charge in [0, 0.05) is 12.6 Å². The van der Waals surface area contributed by atoms with Gasteiger partial charge in [0.15, 0.2) is 11.6 Å². The number of carboxylic acids is 1. The number of carboxylic acid groups (broad SMARTS) is 1. The summed E-state index contributed by atoms with van der Waals surface area (Å²) in [4.78, 5) is 23.9. The summed E-state index contributed by atoms with van der Waals surface area (Å²) in [5, 5.41) is 9.00. The number of nitrogens with zero attached hydrogens (tertiary/aromatic N) is 1. The maximum atomic E-state index is 13.4. The summed E-state index contributed by atoms with van der Waals surface area (Å²) in [6, 6.07) is 3.54. The van der Waals surface area contributed by atoms with Crippen LogP contribution in [0.2, 0.25) is 0 Å². The lowest BCUT2D eigenvalue weighted by Gasteiger charge is -2.31. The van der Waals surface area contributed by atoms with Gasteiger partial charge in [-0.25, -0.2) is 13.6 Å². The summed E-state index contributed by atoms with van der Waals surface area (Å²) in [7, 11) is 1.31. The molecule has 0 unspecified atom stereocenters. The number of amides is 1. The Kier molecular flexibility index (Phi) is 4.24. The molecule has 4 nitrogen and oxygen atoms in total. The van der Waals surface area contributed by atoms with Crippen LogP contribution in [0.1, 0.15) is 19.4 Å². The lowest BCUT2D eigenvalue weighted by atomic mass is 10.0. The predicted octanol–water partition coefficient (Wildman–Crippen LogP) is 1.83. The lowest BCUT2D eigenvalue weighted by Crippen LogP contribution is -2.51. The van der Waals surface area contributed by atoms with Gasteiger partial charge in [0.2, 0.25) is 5.91 Å². The molecule has 1 amide bonds. The van der Waals surface area contributed by atoms with Crippen molar-refractivity contribution in [2.75, 3.05) is 7.05 Å². The van der Waals surface area contributed by atoms with E-state index in [-0.39, 0.29) is 5.56 Å². The molecule has 0 aliphatic rings. The molecule has 1 aromatic rings. The number of aliphatic carboxylic acids is 1. The summed E-state index contributed by atoms with van der Waals surface area (Å²) >= 11 is 0. The van der Waals surface area contributed by atoms with Crippen molar-refractivity contribution >= 4 is 11.9 Å². The Hall–Kier alpha value is -1.98. The molecule has 0 bridgehead atoms. The van der Waals surface area contributed by atoms with Crippen LogP contribution in [0, 0.1) is 11.6 Å². The third kappa shape index (κ3) is 3.07. The number of hydrogen-bond donors (Lipinski definition) is 1. The Morgan fingerprint density at radius 1 is 1.32 bits per heavy atom. The van der Waals surface area contributed by atoms with Crippen molar-refractivity contribution in [1.82, 2.24) is 4.90 Å². The van der Waals surface area contributed by atoms with Gasteiger partial charge in [0.05, 0.1) is 6.42 Å². The zero-order valence-corrected chi connectivity index (χ0v) is 10.9. The molecule has 0 aliphatic carbocycles. The second-order valence-corrected chi connectivity index (χ2v) is 4.71. The van der Waals surface area contributed by atoms with E-state index >= 15 is 0 Å². The second kappa shape index (κ2) is 5.34. The topological polar surface area (TPSA) is 57.6 Å². The predicted molar refractivity (Wildman–Crippen MR) is 64.5 cm³/mol. The summed E-state index contributed by atoms with van der Waals surface area (Å²) in [5.41, 5.74) is -1.51. The Balaban J connectivity index is 2.92. The van der Waals surface area contributed by atoms with E-state index in [1.165, 1.54) is 33.0 Å². The number of hydrogen-bond acceptors (Lipinski definition) is 2. The van der Waals surface area contributed by atoms with Gasteiger partial charge in [0.1, 0.15) is 5.54 Å². The molecule has 1 N–H and O–H groups in total. The highest BCUT2D eigenvalue weighted by molar-refractivity contribution is 5.87. The normalized spacial score (nSPS) is 11.2. The average molecular weight is 271 g/mol. The number of likely N-dealkylation sites (N-methyl/N-ethyl adjacent to an activating group) is 1. The summed E-state index contributed by atoms with van der Waals surface area (Å²) in [5.74, 6) is -3.90. The summed E-state index contributed by atoms with van der Waals surface area (Å²) in [6.45, 7) is 2.71. The molecule has 6 heteroatoms. The van der Waals surface area contributed by atoms with Crippen LogP contribution in [0.5, 0.6) is 0 Å². The molecular weight excluding hydrogens is 256 g/mol. The van der Waals surface area contributed by atoms with Crippen LogP contribution in [0.3, 0.4) is 0 Å². The van der Waals surface area contributed by atoms with E-state index < -0.39 is 35.5 Å². The van der Waals surface area contributed by atoms with Gasteiger partial charge >= 0.3 is 5.97 Å². The van der Waals surface area contributed by atoms with Crippen molar-refractivity contribution in [2.45, 2.75) is 25.8 Å². The van der Waals surface area contributed by atoms with Crippen LogP contribution in [-0.4, -0.2) is 34.5 Å². The molecule has 0 saturated carbocycles. The average Bonchev–Trinajstić information content (AvgIpc) is 2.33. The Labute approximate surface area is 109 Å². The van der Waals surface area contributed by atoms with Crippen LogP contribution in [-0.2, 0) is 16.0 Å². The van der Waals surface area contributed by atoms with Crippen LogP contribution < -0.4 is 0 Å². The minimum absolute atomic E-state index is 0.0990.